The number of unbranched alkanes of at least 4 members (excludes halogenated alkanes) is 4. The van der Waals surface area contributed by atoms with Crippen molar-refractivity contribution in [2.45, 2.75) is 83.7 Å². The number of carbonyl (C=O) groups excluding carboxylic acids is 2. The van der Waals surface area contributed by atoms with E-state index in [2.05, 4.69) is 52.3 Å². The van der Waals surface area contributed by atoms with Gasteiger partial charge in [-0.2, -0.15) is 0 Å². The molecule has 1 atom stereocenters. The van der Waals surface area contributed by atoms with E-state index in [-0.39, 0.29) is 103 Å². The summed E-state index contributed by atoms with van der Waals surface area (Å²) in [5, 5.41) is 18.6. The first-order chi connectivity index (χ1) is 9.44. The van der Waals surface area contributed by atoms with Gasteiger partial charge in [0, 0.05) is 18.4 Å². The molecule has 0 fully saturated rings. The van der Waals surface area contributed by atoms with Crippen LogP contribution in [0.25, 0.3) is 0 Å². The SMILES string of the molecule is O=C([O-])CC(=O)[O-].[K+].[K+].[Li][C](C)(CCCCCCC)C(C)(C)C. The molecule has 0 heterocycles. The van der Waals surface area contributed by atoms with Gasteiger partial charge in [0.1, 0.15) is 0 Å². The number of carbonyl (C=O) groups is 2. The van der Waals surface area contributed by atoms with Gasteiger partial charge in [-0.1, -0.05) is 0 Å². The molecule has 0 aliphatic rings. The van der Waals surface area contributed by atoms with Crippen molar-refractivity contribution >= 4 is 29.7 Å². The van der Waals surface area contributed by atoms with Crippen molar-refractivity contribution in [2.24, 2.45) is 5.41 Å². The van der Waals surface area contributed by atoms with E-state index >= 15 is 0 Å². The Balaban J connectivity index is -0.000000173. The first-order valence-electron chi connectivity index (χ1n) is 7.83. The molecular weight excluding hydrogens is 341 g/mol. The maximum atomic E-state index is 9.28. The molecule has 0 bridgehead atoms. The average molecular weight is 371 g/mol. The van der Waals surface area contributed by atoms with Gasteiger partial charge >= 0.3 is 203 Å². The van der Waals surface area contributed by atoms with Gasteiger partial charge in [-0.15, -0.1) is 0 Å². The van der Waals surface area contributed by atoms with Crippen LogP contribution in [-0.4, -0.2) is 29.7 Å². The van der Waals surface area contributed by atoms with Crippen LogP contribution in [0.3, 0.4) is 0 Å². The summed E-state index contributed by atoms with van der Waals surface area (Å²) in [7, 11) is 0. The van der Waals surface area contributed by atoms with Crippen LogP contribution in [0, 0.1) is 5.41 Å². The van der Waals surface area contributed by atoms with Crippen LogP contribution in [-0.2, 0) is 9.59 Å². The number of carboxylic acid groups (broad SMARTS) is 2. The molecule has 0 amide bonds. The number of hydrogen-bond donors (Lipinski definition) is 0. The monoisotopic (exact) mass is 370 g/mol. The summed E-state index contributed by atoms with van der Waals surface area (Å²) in [4.78, 5) is 18.6. The fraction of sp³-hybridized carbons (Fsp3) is 0.875. The van der Waals surface area contributed by atoms with Gasteiger partial charge < -0.3 is 19.8 Å². The quantitative estimate of drug-likeness (QED) is 0.246. The average Bonchev–Trinajstić information content (AvgIpc) is 2.26. The number of carboxylic acids is 2. The molecule has 0 aromatic heterocycles. The number of hydrogen-bond acceptors (Lipinski definition) is 4. The summed E-state index contributed by atoms with van der Waals surface area (Å²) in [6.07, 6.45) is 7.37. The summed E-state index contributed by atoms with van der Waals surface area (Å²) < 4.78 is 0.485. The predicted octanol–water partition coefficient (Wildman–Crippen LogP) is -4.38. The molecule has 0 aromatic carbocycles. The van der Waals surface area contributed by atoms with E-state index in [1.54, 1.807) is 0 Å². The van der Waals surface area contributed by atoms with Gasteiger partial charge in [-0.05, 0) is 0 Å². The molecule has 120 valence electrons. The molecule has 0 aliphatic heterocycles. The summed E-state index contributed by atoms with van der Waals surface area (Å²) in [6.45, 7) is 11.8. The molecule has 0 rings (SSSR count). The fourth-order valence-corrected chi connectivity index (χ4v) is 1.66. The Morgan fingerprint density at radius 1 is 0.870 bits per heavy atom. The molecule has 23 heavy (non-hydrogen) atoms. The van der Waals surface area contributed by atoms with Crippen molar-refractivity contribution in [1.82, 2.24) is 0 Å². The predicted molar refractivity (Wildman–Crippen MR) is 81.6 cm³/mol. The van der Waals surface area contributed by atoms with Gasteiger partial charge in [-0.25, -0.2) is 0 Å². The van der Waals surface area contributed by atoms with Gasteiger partial charge in [0.25, 0.3) is 0 Å². The molecule has 0 N–H and O–H groups in total. The Hall–Kier alpha value is 2.81. The van der Waals surface area contributed by atoms with Crippen LogP contribution >= 0.6 is 0 Å². The second-order valence-electron chi connectivity index (χ2n) is 7.22. The molecule has 0 aliphatic carbocycles. The van der Waals surface area contributed by atoms with Gasteiger partial charge in [-0.3, -0.25) is 0 Å². The van der Waals surface area contributed by atoms with Gasteiger partial charge in [0.2, 0.25) is 0 Å². The van der Waals surface area contributed by atoms with Crippen molar-refractivity contribution in [3.8, 4) is 0 Å². The van der Waals surface area contributed by atoms with E-state index < -0.39 is 18.4 Å². The molecule has 0 spiro atoms. The number of aliphatic carboxylic acids is 2. The van der Waals surface area contributed by atoms with E-state index in [1.165, 1.54) is 38.5 Å². The Morgan fingerprint density at radius 2 is 1.26 bits per heavy atom. The van der Waals surface area contributed by atoms with Crippen LogP contribution in [0.5, 0.6) is 0 Å². The standard InChI is InChI=1S/C13H27.C3H4O4.2K.Li/c1-6-7-8-9-10-11-12(2)13(3,4)5;4-2(5)1-3(6)7;;;/h6-11H2,1-5H3;1H2,(H,4,5)(H,6,7);;;/q;;2*+1;/p-2. The number of rotatable bonds is 8. The minimum atomic E-state index is -1.63. The zero-order valence-electron chi connectivity index (χ0n) is 16.6. The Bertz CT molecular complexity index is 304. The summed E-state index contributed by atoms with van der Waals surface area (Å²) >= 11 is 2.41. The summed E-state index contributed by atoms with van der Waals surface area (Å²) in [6, 6.07) is 0. The topological polar surface area (TPSA) is 80.3 Å². The second-order valence-corrected chi connectivity index (χ2v) is 7.22. The Morgan fingerprint density at radius 3 is 1.52 bits per heavy atom. The molecule has 0 saturated carbocycles. The third kappa shape index (κ3) is 22.8. The zero-order valence-corrected chi connectivity index (χ0v) is 22.8. The third-order valence-corrected chi connectivity index (χ3v) is 4.22. The molecule has 0 saturated heterocycles. The van der Waals surface area contributed by atoms with E-state index in [0.717, 1.165) is 0 Å². The van der Waals surface area contributed by atoms with Gasteiger partial charge in [0.15, 0.2) is 0 Å². The third-order valence-electron chi connectivity index (χ3n) is 4.22. The first-order valence-corrected chi connectivity index (χ1v) is 7.83. The Labute approximate surface area is 236 Å². The molecule has 0 radical (unpaired) electrons. The maximum absolute atomic E-state index is 9.28. The van der Waals surface area contributed by atoms with Crippen molar-refractivity contribution in [2.75, 3.05) is 0 Å². The zero-order chi connectivity index (χ0) is 17.1. The Kier molecular flexibility index (Phi) is 26.4. The van der Waals surface area contributed by atoms with Crippen LogP contribution in [0.4, 0.5) is 0 Å². The van der Waals surface area contributed by atoms with Crippen molar-refractivity contribution < 1.29 is 123 Å². The van der Waals surface area contributed by atoms with Crippen molar-refractivity contribution in [3.63, 3.8) is 0 Å². The minimum absolute atomic E-state index is 0. The van der Waals surface area contributed by atoms with Gasteiger partial charge in [0.05, 0.1) is 0 Å². The molecular formula is C16H29K2LiO4. The van der Waals surface area contributed by atoms with Crippen molar-refractivity contribution in [1.29, 1.82) is 0 Å². The molecule has 1 unspecified atom stereocenters. The molecule has 0 aromatic rings. The van der Waals surface area contributed by atoms with Crippen molar-refractivity contribution in [3.05, 3.63) is 0 Å². The summed E-state index contributed by atoms with van der Waals surface area (Å²) in [5.41, 5.74) is 0.442. The van der Waals surface area contributed by atoms with E-state index in [0.29, 0.717) is 9.50 Å². The van der Waals surface area contributed by atoms with E-state index in [4.69, 9.17) is 0 Å². The normalized spacial score (nSPS) is 12.7. The van der Waals surface area contributed by atoms with Crippen LogP contribution in [0.1, 0.15) is 79.6 Å². The summed E-state index contributed by atoms with van der Waals surface area (Å²) in [5.74, 6) is -3.25. The van der Waals surface area contributed by atoms with Crippen LogP contribution in [0.2, 0.25) is 4.09 Å². The first kappa shape index (κ1) is 33.4. The fourth-order valence-electron chi connectivity index (χ4n) is 1.66. The second kappa shape index (κ2) is 18.2. The van der Waals surface area contributed by atoms with E-state index in [9.17, 15) is 19.8 Å². The molecule has 4 nitrogen and oxygen atoms in total. The van der Waals surface area contributed by atoms with Crippen LogP contribution in [0.15, 0.2) is 0 Å². The molecule has 7 heteroatoms. The van der Waals surface area contributed by atoms with Crippen LogP contribution < -0.4 is 113 Å². The van der Waals surface area contributed by atoms with E-state index in [1.807, 2.05) is 0 Å².